The van der Waals surface area contributed by atoms with Crippen molar-refractivity contribution in [1.82, 2.24) is 14.8 Å². The average Bonchev–Trinajstić information content (AvgIpc) is 2.91. The van der Waals surface area contributed by atoms with Crippen molar-refractivity contribution in [2.24, 2.45) is 0 Å². The van der Waals surface area contributed by atoms with Gasteiger partial charge in [0.1, 0.15) is 5.82 Å². The maximum Gasteiger partial charge on any atom is 0.177 e. The Balaban J connectivity index is 1.73. The Bertz CT molecular complexity index is 742. The normalized spacial score (nSPS) is 16.1. The van der Waals surface area contributed by atoms with Crippen LogP contribution in [0.15, 0.2) is 29.3 Å². The molecule has 0 fully saturated rings. The van der Waals surface area contributed by atoms with Gasteiger partial charge in [-0.05, 0) is 44.4 Å². The number of hydrogen-bond acceptors (Lipinski definition) is 5. The lowest BCUT2D eigenvalue weighted by atomic mass is 10.1. The number of pyridine rings is 1. The van der Waals surface area contributed by atoms with Crippen LogP contribution in [0.25, 0.3) is 0 Å². The van der Waals surface area contributed by atoms with Crippen molar-refractivity contribution in [3.05, 3.63) is 35.8 Å². The molecule has 3 heterocycles. The predicted molar refractivity (Wildman–Crippen MR) is 84.5 cm³/mol. The summed E-state index contributed by atoms with van der Waals surface area (Å²) < 4.78 is 24.9. The molecule has 0 spiro atoms. The fourth-order valence-electron chi connectivity index (χ4n) is 2.63. The second-order valence-electron chi connectivity index (χ2n) is 5.76. The highest BCUT2D eigenvalue weighted by molar-refractivity contribution is 7.90. The number of rotatable bonds is 4. The summed E-state index contributed by atoms with van der Waals surface area (Å²) in [5.41, 5.74) is 2.28. The Morgan fingerprint density at radius 3 is 2.77 bits per heavy atom. The molecule has 118 valence electrons. The highest BCUT2D eigenvalue weighted by atomic mass is 32.2. The highest BCUT2D eigenvalue weighted by Crippen LogP contribution is 2.22. The molecule has 0 saturated heterocycles. The monoisotopic (exact) mass is 320 g/mol. The van der Waals surface area contributed by atoms with Crippen molar-refractivity contribution in [3.8, 4) is 0 Å². The van der Waals surface area contributed by atoms with Crippen LogP contribution >= 0.6 is 0 Å². The first kappa shape index (κ1) is 15.0. The standard InChI is InChI=1S/C15H20N4O2S/c1-11(14-9-12-5-3-4-8-19(12)18-14)17-15-7-6-13(10-16-15)22(2,20)21/h6-7,9-11H,3-5,8H2,1-2H3,(H,16,17). The van der Waals surface area contributed by atoms with Crippen molar-refractivity contribution in [2.45, 2.75) is 43.7 Å². The van der Waals surface area contributed by atoms with Crippen molar-refractivity contribution in [3.63, 3.8) is 0 Å². The summed E-state index contributed by atoms with van der Waals surface area (Å²) >= 11 is 0. The Morgan fingerprint density at radius 1 is 1.32 bits per heavy atom. The third-order valence-electron chi connectivity index (χ3n) is 3.91. The van der Waals surface area contributed by atoms with Crippen LogP contribution in [0.1, 0.15) is 37.2 Å². The highest BCUT2D eigenvalue weighted by Gasteiger charge is 2.16. The van der Waals surface area contributed by atoms with E-state index < -0.39 is 9.84 Å². The number of nitrogens with zero attached hydrogens (tertiary/aromatic N) is 3. The predicted octanol–water partition coefficient (Wildman–Crippen LogP) is 2.19. The second-order valence-corrected chi connectivity index (χ2v) is 7.77. The molecule has 0 radical (unpaired) electrons. The first-order chi connectivity index (χ1) is 10.4. The summed E-state index contributed by atoms with van der Waals surface area (Å²) in [7, 11) is -3.21. The summed E-state index contributed by atoms with van der Waals surface area (Å²) in [4.78, 5) is 4.39. The van der Waals surface area contributed by atoms with Crippen molar-refractivity contribution >= 4 is 15.7 Å². The third kappa shape index (κ3) is 3.14. The van der Waals surface area contributed by atoms with E-state index in [-0.39, 0.29) is 10.9 Å². The molecule has 7 heteroatoms. The van der Waals surface area contributed by atoms with Crippen LogP contribution in [0.4, 0.5) is 5.82 Å². The Hall–Kier alpha value is -1.89. The van der Waals surface area contributed by atoms with E-state index in [0.29, 0.717) is 5.82 Å². The molecule has 3 rings (SSSR count). The van der Waals surface area contributed by atoms with Crippen LogP contribution < -0.4 is 5.32 Å². The summed E-state index contributed by atoms with van der Waals surface area (Å²) in [5.74, 6) is 0.644. The van der Waals surface area contributed by atoms with E-state index in [0.717, 1.165) is 18.7 Å². The van der Waals surface area contributed by atoms with E-state index in [4.69, 9.17) is 0 Å². The van der Waals surface area contributed by atoms with Crippen LogP contribution in [0.3, 0.4) is 0 Å². The molecule has 0 amide bonds. The van der Waals surface area contributed by atoms with Gasteiger partial charge < -0.3 is 5.32 Å². The van der Waals surface area contributed by atoms with Gasteiger partial charge in [0.25, 0.3) is 0 Å². The number of aromatic nitrogens is 3. The minimum absolute atomic E-state index is 0.0229. The Kier molecular flexibility index (Phi) is 3.90. The molecule has 22 heavy (non-hydrogen) atoms. The van der Waals surface area contributed by atoms with E-state index in [1.165, 1.54) is 31.0 Å². The molecule has 2 aromatic rings. The van der Waals surface area contributed by atoms with E-state index in [1.807, 2.05) is 6.92 Å². The molecule has 0 bridgehead atoms. The van der Waals surface area contributed by atoms with Gasteiger partial charge in [-0.1, -0.05) is 0 Å². The van der Waals surface area contributed by atoms with Gasteiger partial charge in [0.15, 0.2) is 9.84 Å². The van der Waals surface area contributed by atoms with E-state index in [1.54, 1.807) is 12.1 Å². The zero-order valence-electron chi connectivity index (χ0n) is 12.8. The molecule has 1 aliphatic heterocycles. The summed E-state index contributed by atoms with van der Waals surface area (Å²) in [6.45, 7) is 3.02. The maximum absolute atomic E-state index is 11.4. The largest absolute Gasteiger partial charge is 0.362 e. The summed E-state index contributed by atoms with van der Waals surface area (Å²) in [6, 6.07) is 5.41. The third-order valence-corrected chi connectivity index (χ3v) is 5.01. The number of fused-ring (bicyclic) bond motifs is 1. The summed E-state index contributed by atoms with van der Waals surface area (Å²) in [6.07, 6.45) is 6.05. The average molecular weight is 320 g/mol. The molecule has 0 aromatic carbocycles. The lowest BCUT2D eigenvalue weighted by Crippen LogP contribution is -2.12. The van der Waals surface area contributed by atoms with Gasteiger partial charge in [0.2, 0.25) is 0 Å². The molecular weight excluding hydrogens is 300 g/mol. The lowest BCUT2D eigenvalue weighted by Gasteiger charge is -2.13. The van der Waals surface area contributed by atoms with Crippen LogP contribution in [0, 0.1) is 0 Å². The second kappa shape index (κ2) is 5.72. The number of aryl methyl sites for hydroxylation is 2. The van der Waals surface area contributed by atoms with Crippen LogP contribution in [-0.2, 0) is 22.8 Å². The molecule has 1 aliphatic rings. The minimum Gasteiger partial charge on any atom is -0.362 e. The fourth-order valence-corrected chi connectivity index (χ4v) is 3.19. The zero-order chi connectivity index (χ0) is 15.7. The summed E-state index contributed by atoms with van der Waals surface area (Å²) in [5, 5.41) is 7.90. The van der Waals surface area contributed by atoms with Crippen molar-refractivity contribution in [1.29, 1.82) is 0 Å². The molecule has 1 atom stereocenters. The molecule has 2 aromatic heterocycles. The van der Waals surface area contributed by atoms with Gasteiger partial charge in [-0.15, -0.1) is 0 Å². The van der Waals surface area contributed by atoms with Gasteiger partial charge in [0.05, 0.1) is 16.6 Å². The molecule has 6 nitrogen and oxygen atoms in total. The quantitative estimate of drug-likeness (QED) is 0.934. The Morgan fingerprint density at radius 2 is 2.14 bits per heavy atom. The zero-order valence-corrected chi connectivity index (χ0v) is 13.6. The molecular formula is C15H20N4O2S. The number of sulfone groups is 1. The SMILES string of the molecule is CC(Nc1ccc(S(C)(=O)=O)cn1)c1cc2n(n1)CCCC2. The first-order valence-corrected chi connectivity index (χ1v) is 9.32. The van der Waals surface area contributed by atoms with Gasteiger partial charge in [-0.25, -0.2) is 13.4 Å². The number of anilines is 1. The molecule has 0 saturated carbocycles. The smallest absolute Gasteiger partial charge is 0.177 e. The van der Waals surface area contributed by atoms with Gasteiger partial charge in [-0.2, -0.15) is 5.10 Å². The van der Waals surface area contributed by atoms with Gasteiger partial charge in [-0.3, -0.25) is 4.68 Å². The van der Waals surface area contributed by atoms with Gasteiger partial charge in [0, 0.05) is 24.7 Å². The molecule has 1 unspecified atom stereocenters. The van der Waals surface area contributed by atoms with Gasteiger partial charge >= 0.3 is 0 Å². The fraction of sp³-hybridized carbons (Fsp3) is 0.467. The van der Waals surface area contributed by atoms with Crippen LogP contribution in [0.2, 0.25) is 0 Å². The lowest BCUT2D eigenvalue weighted by molar-refractivity contribution is 0.482. The van der Waals surface area contributed by atoms with E-state index in [2.05, 4.69) is 26.1 Å². The minimum atomic E-state index is -3.21. The van der Waals surface area contributed by atoms with Crippen LogP contribution in [0.5, 0.6) is 0 Å². The Labute approximate surface area is 130 Å². The van der Waals surface area contributed by atoms with Crippen molar-refractivity contribution in [2.75, 3.05) is 11.6 Å². The topological polar surface area (TPSA) is 76.9 Å². The molecule has 1 N–H and O–H groups in total. The van der Waals surface area contributed by atoms with E-state index in [9.17, 15) is 8.42 Å². The number of nitrogens with one attached hydrogen (secondary N) is 1. The van der Waals surface area contributed by atoms with Crippen LogP contribution in [-0.4, -0.2) is 29.4 Å². The first-order valence-electron chi connectivity index (χ1n) is 7.43. The van der Waals surface area contributed by atoms with E-state index >= 15 is 0 Å². The van der Waals surface area contributed by atoms with Crippen molar-refractivity contribution < 1.29 is 8.42 Å². The maximum atomic E-state index is 11.4. The number of hydrogen-bond donors (Lipinski definition) is 1. The molecule has 0 aliphatic carbocycles.